The van der Waals surface area contributed by atoms with Gasteiger partial charge in [0.25, 0.3) is 0 Å². The molecule has 3 rings (SSSR count). The fourth-order valence-corrected chi connectivity index (χ4v) is 2.68. The number of aryl methyl sites for hydroxylation is 1. The Morgan fingerprint density at radius 3 is 2.33 bits per heavy atom. The Kier molecular flexibility index (Phi) is 3.27. The first-order valence-corrected chi connectivity index (χ1v) is 6.89. The number of hydrogen-bond donors (Lipinski definition) is 2. The third-order valence-electron chi connectivity index (χ3n) is 3.89. The van der Waals surface area contributed by atoms with Gasteiger partial charge in [-0.25, -0.2) is 4.98 Å². The van der Waals surface area contributed by atoms with Crippen molar-refractivity contribution in [1.29, 1.82) is 0 Å². The molecule has 0 saturated heterocycles. The Balaban J connectivity index is 2.09. The maximum absolute atomic E-state index is 10.9. The fourth-order valence-electron chi connectivity index (χ4n) is 2.68. The predicted molar refractivity (Wildman–Crippen MR) is 81.7 cm³/mol. The highest BCUT2D eigenvalue weighted by Gasteiger charge is 2.37. The van der Waals surface area contributed by atoms with Gasteiger partial charge in [0.15, 0.2) is 0 Å². The molecule has 0 amide bonds. The Hall–Kier alpha value is -2.17. The van der Waals surface area contributed by atoms with Crippen molar-refractivity contribution >= 4 is 11.0 Å². The minimum absolute atomic E-state index is 0.444. The van der Waals surface area contributed by atoms with E-state index in [4.69, 9.17) is 0 Å². The van der Waals surface area contributed by atoms with Crippen LogP contribution in [0.25, 0.3) is 11.0 Å². The molecule has 2 atom stereocenters. The Morgan fingerprint density at radius 2 is 1.67 bits per heavy atom. The van der Waals surface area contributed by atoms with Crippen LogP contribution in [0.4, 0.5) is 0 Å². The van der Waals surface area contributed by atoms with Crippen LogP contribution >= 0.6 is 0 Å². The Bertz CT molecular complexity index is 763. The highest BCUT2D eigenvalue weighted by atomic mass is 16.3. The van der Waals surface area contributed by atoms with Gasteiger partial charge in [0.1, 0.15) is 17.5 Å². The smallest absolute Gasteiger partial charge is 0.149 e. The molecule has 1 aromatic heterocycles. The molecule has 0 aliphatic carbocycles. The quantitative estimate of drug-likeness (QED) is 0.776. The number of fused-ring (bicyclic) bond motifs is 1. The van der Waals surface area contributed by atoms with Crippen molar-refractivity contribution in [2.45, 2.75) is 18.6 Å². The lowest BCUT2D eigenvalue weighted by molar-refractivity contribution is -0.0764. The molecule has 0 aliphatic heterocycles. The maximum atomic E-state index is 10.9. The van der Waals surface area contributed by atoms with E-state index in [9.17, 15) is 10.2 Å². The summed E-state index contributed by atoms with van der Waals surface area (Å²) >= 11 is 0. The van der Waals surface area contributed by atoms with E-state index < -0.39 is 11.7 Å². The number of hydrogen-bond acceptors (Lipinski definition) is 3. The Labute approximate surface area is 123 Å². The lowest BCUT2D eigenvalue weighted by Gasteiger charge is -2.28. The molecule has 4 heteroatoms. The number of nitrogens with zero attached hydrogens (tertiary/aromatic N) is 2. The van der Waals surface area contributed by atoms with Gasteiger partial charge in [-0.05, 0) is 24.6 Å². The second-order valence-electron chi connectivity index (χ2n) is 5.44. The average molecular weight is 282 g/mol. The van der Waals surface area contributed by atoms with Crippen LogP contribution in [0.5, 0.6) is 0 Å². The van der Waals surface area contributed by atoms with Crippen molar-refractivity contribution < 1.29 is 10.2 Å². The van der Waals surface area contributed by atoms with Gasteiger partial charge in [0.05, 0.1) is 11.0 Å². The van der Waals surface area contributed by atoms with Gasteiger partial charge in [-0.1, -0.05) is 42.5 Å². The van der Waals surface area contributed by atoms with E-state index >= 15 is 0 Å². The van der Waals surface area contributed by atoms with Crippen molar-refractivity contribution in [2.75, 3.05) is 0 Å². The summed E-state index contributed by atoms with van der Waals surface area (Å²) in [5.74, 6) is 0.444. The first-order chi connectivity index (χ1) is 10.0. The molecule has 2 N–H and O–H groups in total. The van der Waals surface area contributed by atoms with E-state index in [0.29, 0.717) is 11.4 Å². The zero-order valence-electron chi connectivity index (χ0n) is 12.1. The number of aromatic nitrogens is 2. The van der Waals surface area contributed by atoms with E-state index in [1.807, 2.05) is 54.1 Å². The molecule has 0 saturated carbocycles. The van der Waals surface area contributed by atoms with E-state index in [1.54, 1.807) is 19.1 Å². The Morgan fingerprint density at radius 1 is 1.05 bits per heavy atom. The number of rotatable bonds is 3. The van der Waals surface area contributed by atoms with Crippen LogP contribution in [-0.4, -0.2) is 19.8 Å². The van der Waals surface area contributed by atoms with Gasteiger partial charge in [0, 0.05) is 7.05 Å². The summed E-state index contributed by atoms with van der Waals surface area (Å²) in [7, 11) is 1.84. The van der Waals surface area contributed by atoms with E-state index in [0.717, 1.165) is 11.0 Å². The lowest BCUT2D eigenvalue weighted by atomic mass is 9.92. The minimum atomic E-state index is -1.48. The molecule has 1 heterocycles. The summed E-state index contributed by atoms with van der Waals surface area (Å²) in [6.07, 6.45) is -1.05. The second kappa shape index (κ2) is 4.98. The molecule has 0 bridgehead atoms. The molecule has 2 unspecified atom stereocenters. The highest BCUT2D eigenvalue weighted by Crippen LogP contribution is 2.35. The largest absolute Gasteiger partial charge is 0.385 e. The highest BCUT2D eigenvalue weighted by molar-refractivity contribution is 5.76. The molecule has 0 spiro atoms. The third kappa shape index (κ3) is 2.22. The van der Waals surface area contributed by atoms with Crippen molar-refractivity contribution in [1.82, 2.24) is 9.55 Å². The molecule has 0 aliphatic rings. The van der Waals surface area contributed by atoms with Crippen LogP contribution in [0.2, 0.25) is 0 Å². The van der Waals surface area contributed by atoms with E-state index in [-0.39, 0.29) is 0 Å². The first kappa shape index (κ1) is 13.8. The van der Waals surface area contributed by atoms with Crippen molar-refractivity contribution in [3.05, 3.63) is 66.0 Å². The second-order valence-corrected chi connectivity index (χ2v) is 5.44. The van der Waals surface area contributed by atoms with E-state index in [1.165, 1.54) is 0 Å². The van der Waals surface area contributed by atoms with E-state index in [2.05, 4.69) is 4.98 Å². The molecular weight excluding hydrogens is 264 g/mol. The molecule has 0 radical (unpaired) electrons. The summed E-state index contributed by atoms with van der Waals surface area (Å²) in [5.41, 5.74) is 0.910. The van der Waals surface area contributed by atoms with Gasteiger partial charge in [-0.15, -0.1) is 0 Å². The van der Waals surface area contributed by atoms with Crippen LogP contribution < -0.4 is 0 Å². The molecule has 2 aromatic carbocycles. The SMILES string of the molecule is Cn1c(C(C)(O)C(O)c2ccccc2)nc2ccccc21. The fraction of sp³-hybridized carbons (Fsp3) is 0.235. The summed E-state index contributed by atoms with van der Waals surface area (Å²) in [5, 5.41) is 21.4. The summed E-state index contributed by atoms with van der Waals surface area (Å²) in [6, 6.07) is 16.8. The predicted octanol–water partition coefficient (Wildman–Crippen LogP) is 2.51. The van der Waals surface area contributed by atoms with Crippen LogP contribution in [0, 0.1) is 0 Å². The average Bonchev–Trinajstić information content (AvgIpc) is 2.86. The van der Waals surface area contributed by atoms with Gasteiger partial charge in [-0.3, -0.25) is 0 Å². The van der Waals surface area contributed by atoms with Crippen molar-refractivity contribution in [3.8, 4) is 0 Å². The molecular formula is C17H18N2O2. The minimum Gasteiger partial charge on any atom is -0.385 e. The number of benzene rings is 2. The topological polar surface area (TPSA) is 58.3 Å². The summed E-state index contributed by atoms with van der Waals surface area (Å²) in [6.45, 7) is 1.59. The molecule has 4 nitrogen and oxygen atoms in total. The van der Waals surface area contributed by atoms with Crippen LogP contribution in [0.1, 0.15) is 24.4 Å². The number of aliphatic hydroxyl groups is 2. The molecule has 0 fully saturated rings. The first-order valence-electron chi connectivity index (χ1n) is 6.89. The lowest BCUT2D eigenvalue weighted by Crippen LogP contribution is -2.33. The summed E-state index contributed by atoms with van der Waals surface area (Å²) < 4.78 is 1.82. The summed E-state index contributed by atoms with van der Waals surface area (Å²) in [4.78, 5) is 4.48. The third-order valence-corrected chi connectivity index (χ3v) is 3.89. The normalized spacial score (nSPS) is 15.8. The number of aliphatic hydroxyl groups excluding tert-OH is 1. The van der Waals surface area contributed by atoms with Gasteiger partial charge < -0.3 is 14.8 Å². The number of para-hydroxylation sites is 2. The zero-order chi connectivity index (χ0) is 15.0. The van der Waals surface area contributed by atoms with Crippen molar-refractivity contribution in [3.63, 3.8) is 0 Å². The van der Waals surface area contributed by atoms with Crippen LogP contribution in [0.3, 0.4) is 0 Å². The van der Waals surface area contributed by atoms with Gasteiger partial charge >= 0.3 is 0 Å². The molecule has 21 heavy (non-hydrogen) atoms. The molecule has 3 aromatic rings. The molecule has 108 valence electrons. The standard InChI is InChI=1S/C17H18N2O2/c1-17(21,15(20)12-8-4-3-5-9-12)16-18-13-10-6-7-11-14(13)19(16)2/h3-11,15,20-21H,1-2H3. The van der Waals surface area contributed by atoms with Crippen LogP contribution in [-0.2, 0) is 12.6 Å². The number of imidazole rings is 1. The van der Waals surface area contributed by atoms with Crippen molar-refractivity contribution in [2.24, 2.45) is 7.05 Å². The van der Waals surface area contributed by atoms with Gasteiger partial charge in [-0.2, -0.15) is 0 Å². The van der Waals surface area contributed by atoms with Crippen LogP contribution in [0.15, 0.2) is 54.6 Å². The monoisotopic (exact) mass is 282 g/mol. The zero-order valence-corrected chi connectivity index (χ0v) is 12.1. The van der Waals surface area contributed by atoms with Gasteiger partial charge in [0.2, 0.25) is 0 Å². The maximum Gasteiger partial charge on any atom is 0.149 e.